The van der Waals surface area contributed by atoms with Crippen LogP contribution in [0.4, 0.5) is 16.4 Å². The minimum atomic E-state index is -0.623. The Bertz CT molecular complexity index is 1380. The zero-order valence-corrected chi connectivity index (χ0v) is 22.5. The number of fused-ring (bicyclic) bond motifs is 1. The number of rotatable bonds is 5. The number of nitrogens with one attached hydrogen (secondary N) is 4. The van der Waals surface area contributed by atoms with E-state index in [9.17, 15) is 14.4 Å². The third kappa shape index (κ3) is 6.34. The molecule has 2 atom stereocenters. The molecule has 204 valence electrons. The number of anilines is 2. The molecule has 0 aliphatic carbocycles. The number of pyridine rings is 2. The molecule has 2 aromatic heterocycles. The Morgan fingerprint density at radius 1 is 1.00 bits per heavy atom. The molecule has 0 saturated carbocycles. The predicted octanol–water partition coefficient (Wildman–Crippen LogP) is 3.74. The SMILES string of the molecule is CC(C)(C)OC(=O)N1CCC[C@H]1C(=O)Nc1ccc2cc(-c3ccc(NC(=O)[C@@H]4CCCN4)[nH+]c3)ccc2n1. The van der Waals surface area contributed by atoms with Crippen LogP contribution >= 0.6 is 0 Å². The number of carbonyl (C=O) groups is 3. The van der Waals surface area contributed by atoms with Gasteiger partial charge in [0.2, 0.25) is 5.91 Å². The second kappa shape index (κ2) is 11.0. The van der Waals surface area contributed by atoms with Gasteiger partial charge in [0.15, 0.2) is 0 Å². The van der Waals surface area contributed by atoms with Crippen molar-refractivity contribution in [3.8, 4) is 11.1 Å². The zero-order valence-electron chi connectivity index (χ0n) is 22.5. The lowest BCUT2D eigenvalue weighted by Crippen LogP contribution is -2.45. The molecule has 10 nitrogen and oxygen atoms in total. The van der Waals surface area contributed by atoms with Gasteiger partial charge in [-0.05, 0) is 88.9 Å². The Morgan fingerprint density at radius 3 is 2.54 bits per heavy atom. The topological polar surface area (TPSA) is 127 Å². The van der Waals surface area contributed by atoms with Crippen molar-refractivity contribution in [3.05, 3.63) is 48.7 Å². The molecule has 3 amide bonds. The maximum absolute atomic E-state index is 13.0. The fourth-order valence-corrected chi connectivity index (χ4v) is 4.97. The molecule has 4 N–H and O–H groups in total. The number of amides is 3. The van der Waals surface area contributed by atoms with Crippen molar-refractivity contribution in [1.29, 1.82) is 0 Å². The van der Waals surface area contributed by atoms with Gasteiger partial charge < -0.3 is 15.4 Å². The van der Waals surface area contributed by atoms with Gasteiger partial charge in [-0.3, -0.25) is 9.69 Å². The number of nitrogens with zero attached hydrogens (tertiary/aromatic N) is 2. The lowest BCUT2D eigenvalue weighted by atomic mass is 10.0. The smallest absolute Gasteiger partial charge is 0.410 e. The first-order valence-corrected chi connectivity index (χ1v) is 13.4. The maximum Gasteiger partial charge on any atom is 0.410 e. The van der Waals surface area contributed by atoms with E-state index in [-0.39, 0.29) is 17.9 Å². The molecule has 2 fully saturated rings. The van der Waals surface area contributed by atoms with Crippen LogP contribution in [0.5, 0.6) is 0 Å². The Morgan fingerprint density at radius 2 is 1.82 bits per heavy atom. The second-order valence-electron chi connectivity index (χ2n) is 11.1. The van der Waals surface area contributed by atoms with E-state index >= 15 is 0 Å². The molecule has 2 aliphatic heterocycles. The number of aromatic nitrogens is 2. The van der Waals surface area contributed by atoms with E-state index in [1.807, 2.05) is 63.4 Å². The minimum absolute atomic E-state index is 0.0262. The largest absolute Gasteiger partial charge is 0.444 e. The highest BCUT2D eigenvalue weighted by molar-refractivity contribution is 5.97. The highest BCUT2D eigenvalue weighted by atomic mass is 16.6. The number of aromatic amines is 1. The van der Waals surface area contributed by atoms with E-state index in [0.29, 0.717) is 24.6 Å². The van der Waals surface area contributed by atoms with E-state index in [2.05, 4.69) is 25.9 Å². The molecule has 0 spiro atoms. The van der Waals surface area contributed by atoms with Gasteiger partial charge in [0, 0.05) is 23.6 Å². The van der Waals surface area contributed by atoms with Crippen LogP contribution in [0.25, 0.3) is 22.0 Å². The first kappa shape index (κ1) is 26.6. The monoisotopic (exact) mass is 531 g/mol. The van der Waals surface area contributed by atoms with Gasteiger partial charge in [-0.1, -0.05) is 6.07 Å². The molecule has 0 radical (unpaired) electrons. The fourth-order valence-electron chi connectivity index (χ4n) is 4.97. The normalized spacial score (nSPS) is 19.2. The van der Waals surface area contributed by atoms with Gasteiger partial charge in [-0.2, -0.15) is 0 Å². The number of carbonyl (C=O) groups excluding carboxylic acids is 3. The number of benzene rings is 1. The van der Waals surface area contributed by atoms with Gasteiger partial charge in [-0.25, -0.2) is 24.9 Å². The molecule has 0 bridgehead atoms. The summed E-state index contributed by atoms with van der Waals surface area (Å²) in [5.41, 5.74) is 2.08. The molecule has 10 heteroatoms. The average Bonchev–Trinajstić information content (AvgIpc) is 3.61. The summed E-state index contributed by atoms with van der Waals surface area (Å²) in [6.07, 6.45) is 4.58. The molecule has 5 rings (SSSR count). The summed E-state index contributed by atoms with van der Waals surface area (Å²) in [4.78, 5) is 47.2. The van der Waals surface area contributed by atoms with Crippen molar-refractivity contribution in [1.82, 2.24) is 15.2 Å². The van der Waals surface area contributed by atoms with Gasteiger partial charge >= 0.3 is 12.0 Å². The summed E-state index contributed by atoms with van der Waals surface area (Å²) in [6.45, 7) is 6.79. The lowest BCUT2D eigenvalue weighted by Gasteiger charge is -2.27. The number of H-pyrrole nitrogens is 1. The first-order valence-electron chi connectivity index (χ1n) is 13.4. The van der Waals surface area contributed by atoms with Gasteiger partial charge in [0.25, 0.3) is 5.82 Å². The molecule has 1 aromatic carbocycles. The number of likely N-dealkylation sites (tertiary alicyclic amines) is 1. The van der Waals surface area contributed by atoms with E-state index in [4.69, 9.17) is 4.74 Å². The van der Waals surface area contributed by atoms with E-state index < -0.39 is 17.7 Å². The third-order valence-corrected chi connectivity index (χ3v) is 6.90. The van der Waals surface area contributed by atoms with Crippen molar-refractivity contribution in [2.45, 2.75) is 64.1 Å². The summed E-state index contributed by atoms with van der Waals surface area (Å²) in [7, 11) is 0. The minimum Gasteiger partial charge on any atom is -0.444 e. The molecule has 3 aromatic rings. The zero-order chi connectivity index (χ0) is 27.6. The van der Waals surface area contributed by atoms with Crippen LogP contribution < -0.4 is 20.9 Å². The van der Waals surface area contributed by atoms with E-state index in [1.54, 1.807) is 6.07 Å². The highest BCUT2D eigenvalue weighted by Crippen LogP contribution is 2.26. The van der Waals surface area contributed by atoms with Crippen LogP contribution in [-0.4, -0.2) is 58.6 Å². The average molecular weight is 532 g/mol. The van der Waals surface area contributed by atoms with Crippen molar-refractivity contribution in [2.24, 2.45) is 0 Å². The summed E-state index contributed by atoms with van der Waals surface area (Å²) < 4.78 is 5.47. The summed E-state index contributed by atoms with van der Waals surface area (Å²) in [6, 6.07) is 12.7. The Kier molecular flexibility index (Phi) is 7.47. The van der Waals surface area contributed by atoms with E-state index in [1.165, 1.54) is 4.90 Å². The molecule has 0 unspecified atom stereocenters. The van der Waals surface area contributed by atoms with Crippen LogP contribution in [-0.2, 0) is 14.3 Å². The van der Waals surface area contributed by atoms with Crippen molar-refractivity contribution in [2.75, 3.05) is 23.7 Å². The maximum atomic E-state index is 13.0. The third-order valence-electron chi connectivity index (χ3n) is 6.90. The molecule has 4 heterocycles. The van der Waals surface area contributed by atoms with Gasteiger partial charge in [-0.15, -0.1) is 0 Å². The van der Waals surface area contributed by atoms with Crippen LogP contribution in [0.2, 0.25) is 0 Å². The van der Waals surface area contributed by atoms with Crippen LogP contribution in [0.15, 0.2) is 48.7 Å². The molecular weight excluding hydrogens is 496 g/mol. The Hall–Kier alpha value is -4.05. The van der Waals surface area contributed by atoms with E-state index in [0.717, 1.165) is 47.8 Å². The first-order chi connectivity index (χ1) is 18.7. The quantitative estimate of drug-likeness (QED) is 0.460. The predicted molar refractivity (Wildman–Crippen MR) is 148 cm³/mol. The fraction of sp³-hybridized carbons (Fsp3) is 0.414. The van der Waals surface area contributed by atoms with Crippen molar-refractivity contribution >= 4 is 40.4 Å². The van der Waals surface area contributed by atoms with Gasteiger partial charge in [0.1, 0.15) is 23.5 Å². The second-order valence-corrected chi connectivity index (χ2v) is 11.1. The summed E-state index contributed by atoms with van der Waals surface area (Å²) in [5, 5.41) is 9.91. The van der Waals surface area contributed by atoms with Crippen LogP contribution in [0.1, 0.15) is 46.5 Å². The van der Waals surface area contributed by atoms with Crippen molar-refractivity contribution in [3.63, 3.8) is 0 Å². The molecule has 39 heavy (non-hydrogen) atoms. The molecule has 2 aliphatic rings. The molecular formula is C29H35N6O4+. The van der Waals surface area contributed by atoms with Crippen LogP contribution in [0.3, 0.4) is 0 Å². The summed E-state index contributed by atoms with van der Waals surface area (Å²) >= 11 is 0. The number of ether oxygens (including phenoxy) is 1. The van der Waals surface area contributed by atoms with Gasteiger partial charge in [0.05, 0.1) is 11.7 Å². The highest BCUT2D eigenvalue weighted by Gasteiger charge is 2.36. The molecule has 2 saturated heterocycles. The number of hydrogen-bond donors (Lipinski definition) is 3. The van der Waals surface area contributed by atoms with Crippen molar-refractivity contribution < 1.29 is 24.1 Å². The summed E-state index contributed by atoms with van der Waals surface area (Å²) in [5.74, 6) is 0.782. The Labute approximate surface area is 227 Å². The standard InChI is InChI=1S/C29H34N6O4/c1-29(2,3)39-28(38)35-15-5-7-23(35)27(37)34-25-13-9-19-16-18(8-11-21(19)32-25)20-10-12-24(31-17-20)33-26(36)22-6-4-14-30-22/h8-13,16-17,22-23,30H,4-7,14-15H2,1-3H3,(H,31,33,36)(H,32,34,37)/p+1/t22-,23-/m0/s1. The number of hydrogen-bond acceptors (Lipinski definition) is 6. The Balaban J connectivity index is 1.24. The lowest BCUT2D eigenvalue weighted by molar-refractivity contribution is -0.359. The van der Waals surface area contributed by atoms with Crippen LogP contribution in [0, 0.1) is 0 Å².